The fourth-order valence-corrected chi connectivity index (χ4v) is 3.29. The second-order valence-corrected chi connectivity index (χ2v) is 7.17. The summed E-state index contributed by atoms with van der Waals surface area (Å²) < 4.78 is 6.64. The van der Waals surface area contributed by atoms with Gasteiger partial charge < -0.3 is 15.0 Å². The zero-order valence-electron chi connectivity index (χ0n) is 12.6. The number of hydrogen-bond donors (Lipinski definition) is 1. The lowest BCUT2D eigenvalue weighted by Gasteiger charge is -2.29. The van der Waals surface area contributed by atoms with Gasteiger partial charge in [-0.25, -0.2) is 4.98 Å². The number of hydrogen-bond acceptors (Lipinski definition) is 4. The largest absolute Gasteiger partial charge is 0.381 e. The Hall–Kier alpha value is -0.650. The van der Waals surface area contributed by atoms with Gasteiger partial charge in [-0.1, -0.05) is 0 Å². The van der Waals surface area contributed by atoms with Crippen molar-refractivity contribution in [3.05, 3.63) is 22.3 Å². The Bertz CT molecular complexity index is 473. The van der Waals surface area contributed by atoms with Gasteiger partial charge in [0, 0.05) is 49.0 Å². The van der Waals surface area contributed by atoms with Crippen LogP contribution in [0.15, 0.2) is 16.7 Å². The Morgan fingerprint density at radius 3 is 3.00 bits per heavy atom. The molecule has 2 heterocycles. The number of nitrogens with one attached hydrogen (secondary N) is 1. The van der Waals surface area contributed by atoms with Crippen molar-refractivity contribution in [1.82, 2.24) is 10.3 Å². The van der Waals surface area contributed by atoms with Crippen molar-refractivity contribution in [2.45, 2.75) is 38.3 Å². The maximum Gasteiger partial charge on any atom is 0.132 e. The van der Waals surface area contributed by atoms with Crippen LogP contribution in [0, 0.1) is 5.92 Å². The second kappa shape index (κ2) is 7.07. The molecule has 1 atom stereocenters. The predicted molar refractivity (Wildman–Crippen MR) is 88.6 cm³/mol. The van der Waals surface area contributed by atoms with Crippen molar-refractivity contribution in [2.75, 3.05) is 31.7 Å². The number of rotatable bonds is 6. The van der Waals surface area contributed by atoms with Crippen LogP contribution in [-0.4, -0.2) is 37.8 Å². The molecule has 0 aromatic carbocycles. The molecule has 1 saturated heterocycles. The minimum Gasteiger partial charge on any atom is -0.381 e. The van der Waals surface area contributed by atoms with Crippen LogP contribution in [0.2, 0.25) is 0 Å². The molecule has 0 radical (unpaired) electrons. The molecular formula is C16H24BrN3O. The van der Waals surface area contributed by atoms with Crippen molar-refractivity contribution in [1.29, 1.82) is 0 Å². The molecule has 0 bridgehead atoms. The summed E-state index contributed by atoms with van der Waals surface area (Å²) in [7, 11) is 2.14. The predicted octanol–water partition coefficient (Wildman–Crippen LogP) is 2.96. The quantitative estimate of drug-likeness (QED) is 0.852. The molecule has 0 spiro atoms. The summed E-state index contributed by atoms with van der Waals surface area (Å²) in [5.41, 5.74) is 1.27. The molecule has 4 nitrogen and oxygen atoms in total. The molecule has 21 heavy (non-hydrogen) atoms. The standard InChI is InChI=1S/C16H24BrN3O/c1-20(10-12-3-2-6-21-11-12)16-13(7-14(17)9-19-16)8-18-15-4-5-15/h7,9,12,15,18H,2-6,8,10-11H2,1H3. The molecule has 3 rings (SSSR count). The van der Waals surface area contributed by atoms with Crippen LogP contribution in [0.3, 0.4) is 0 Å². The first-order valence-corrected chi connectivity index (χ1v) is 8.68. The first kappa shape index (κ1) is 15.3. The lowest BCUT2D eigenvalue weighted by atomic mass is 10.0. The summed E-state index contributed by atoms with van der Waals surface area (Å²) >= 11 is 3.54. The summed E-state index contributed by atoms with van der Waals surface area (Å²) in [4.78, 5) is 6.93. The maximum atomic E-state index is 5.59. The normalized spacial score (nSPS) is 22.3. The van der Waals surface area contributed by atoms with E-state index < -0.39 is 0 Å². The Morgan fingerprint density at radius 1 is 1.43 bits per heavy atom. The van der Waals surface area contributed by atoms with Gasteiger partial charge in [0.1, 0.15) is 5.82 Å². The fourth-order valence-electron chi connectivity index (χ4n) is 2.91. The van der Waals surface area contributed by atoms with E-state index in [2.05, 4.69) is 44.2 Å². The highest BCUT2D eigenvalue weighted by atomic mass is 79.9. The molecule has 1 unspecified atom stereocenters. The summed E-state index contributed by atoms with van der Waals surface area (Å²) in [6.07, 6.45) is 6.96. The van der Waals surface area contributed by atoms with E-state index in [0.717, 1.165) is 36.6 Å². The molecular weight excluding hydrogens is 330 g/mol. The molecule has 1 aliphatic carbocycles. The first-order valence-electron chi connectivity index (χ1n) is 7.89. The van der Waals surface area contributed by atoms with Crippen LogP contribution in [0.1, 0.15) is 31.2 Å². The molecule has 2 fully saturated rings. The van der Waals surface area contributed by atoms with Gasteiger partial charge in [0.15, 0.2) is 0 Å². The van der Waals surface area contributed by atoms with E-state index in [9.17, 15) is 0 Å². The Morgan fingerprint density at radius 2 is 2.29 bits per heavy atom. The third kappa shape index (κ3) is 4.41. The van der Waals surface area contributed by atoms with Gasteiger partial charge >= 0.3 is 0 Å². The van der Waals surface area contributed by atoms with E-state index in [0.29, 0.717) is 12.0 Å². The van der Waals surface area contributed by atoms with Crippen molar-refractivity contribution in [3.63, 3.8) is 0 Å². The number of aromatic nitrogens is 1. The average molecular weight is 354 g/mol. The van der Waals surface area contributed by atoms with E-state index in [-0.39, 0.29) is 0 Å². The number of pyridine rings is 1. The summed E-state index contributed by atoms with van der Waals surface area (Å²) in [5.74, 6) is 1.72. The lowest BCUT2D eigenvalue weighted by molar-refractivity contribution is 0.0576. The monoisotopic (exact) mass is 353 g/mol. The Balaban J connectivity index is 1.66. The zero-order valence-corrected chi connectivity index (χ0v) is 14.2. The van der Waals surface area contributed by atoms with Gasteiger partial charge in [0.25, 0.3) is 0 Å². The molecule has 1 aromatic heterocycles. The van der Waals surface area contributed by atoms with E-state index in [4.69, 9.17) is 4.74 Å². The van der Waals surface area contributed by atoms with Crippen LogP contribution in [0.25, 0.3) is 0 Å². The SMILES string of the molecule is CN(CC1CCCOC1)c1ncc(Br)cc1CNC1CC1. The van der Waals surface area contributed by atoms with Crippen molar-refractivity contribution < 1.29 is 4.74 Å². The minimum atomic E-state index is 0.624. The summed E-state index contributed by atoms with van der Waals surface area (Å²) in [6, 6.07) is 2.90. The second-order valence-electron chi connectivity index (χ2n) is 6.26. The molecule has 1 saturated carbocycles. The fraction of sp³-hybridized carbons (Fsp3) is 0.688. The Kier molecular flexibility index (Phi) is 5.14. The van der Waals surface area contributed by atoms with Crippen LogP contribution in [0.5, 0.6) is 0 Å². The first-order chi connectivity index (χ1) is 10.2. The van der Waals surface area contributed by atoms with E-state index in [1.54, 1.807) is 0 Å². The Labute approximate surface area is 135 Å². The molecule has 1 aromatic rings. The highest BCUT2D eigenvalue weighted by Gasteiger charge is 2.22. The highest BCUT2D eigenvalue weighted by molar-refractivity contribution is 9.10. The van der Waals surface area contributed by atoms with Gasteiger partial charge in [0.2, 0.25) is 0 Å². The van der Waals surface area contributed by atoms with Crippen LogP contribution >= 0.6 is 15.9 Å². The van der Waals surface area contributed by atoms with Crippen molar-refractivity contribution in [3.8, 4) is 0 Å². The molecule has 2 aliphatic rings. The van der Waals surface area contributed by atoms with Gasteiger partial charge in [-0.2, -0.15) is 0 Å². The zero-order chi connectivity index (χ0) is 14.7. The number of halogens is 1. The minimum absolute atomic E-state index is 0.624. The van der Waals surface area contributed by atoms with E-state index in [1.165, 1.54) is 31.2 Å². The summed E-state index contributed by atoms with van der Waals surface area (Å²) in [5, 5.41) is 3.59. The molecule has 1 aliphatic heterocycles. The third-order valence-electron chi connectivity index (χ3n) is 4.22. The number of anilines is 1. The van der Waals surface area contributed by atoms with Crippen LogP contribution in [0.4, 0.5) is 5.82 Å². The van der Waals surface area contributed by atoms with Gasteiger partial charge in [-0.3, -0.25) is 0 Å². The molecule has 5 heteroatoms. The smallest absolute Gasteiger partial charge is 0.132 e. The van der Waals surface area contributed by atoms with E-state index in [1.807, 2.05) is 6.20 Å². The highest BCUT2D eigenvalue weighted by Crippen LogP contribution is 2.25. The third-order valence-corrected chi connectivity index (χ3v) is 4.65. The topological polar surface area (TPSA) is 37.4 Å². The van der Waals surface area contributed by atoms with E-state index >= 15 is 0 Å². The number of ether oxygens (including phenoxy) is 1. The van der Waals surface area contributed by atoms with Gasteiger partial charge in [0.05, 0.1) is 6.61 Å². The molecule has 1 N–H and O–H groups in total. The lowest BCUT2D eigenvalue weighted by Crippen LogP contribution is -2.32. The van der Waals surface area contributed by atoms with Crippen molar-refractivity contribution in [2.24, 2.45) is 5.92 Å². The molecule has 116 valence electrons. The van der Waals surface area contributed by atoms with Crippen LogP contribution < -0.4 is 10.2 Å². The maximum absolute atomic E-state index is 5.59. The number of nitrogens with zero attached hydrogens (tertiary/aromatic N) is 2. The van der Waals surface area contributed by atoms with Gasteiger partial charge in [-0.15, -0.1) is 0 Å². The van der Waals surface area contributed by atoms with Crippen molar-refractivity contribution >= 4 is 21.7 Å². The average Bonchev–Trinajstić information content (AvgIpc) is 3.30. The molecule has 0 amide bonds. The summed E-state index contributed by atoms with van der Waals surface area (Å²) in [6.45, 7) is 3.73. The van der Waals surface area contributed by atoms with Crippen LogP contribution in [-0.2, 0) is 11.3 Å². The van der Waals surface area contributed by atoms with Gasteiger partial charge in [-0.05, 0) is 53.6 Å².